The van der Waals surface area contributed by atoms with E-state index in [1.54, 1.807) is 29.8 Å². The number of carbonyl (C=O) groups is 1. The number of aromatic nitrogens is 2. The van der Waals surface area contributed by atoms with Gasteiger partial charge in [-0.3, -0.25) is 4.79 Å². The van der Waals surface area contributed by atoms with Crippen LogP contribution in [0.25, 0.3) is 5.69 Å². The van der Waals surface area contributed by atoms with Gasteiger partial charge >= 0.3 is 0 Å². The molecule has 0 fully saturated rings. The third-order valence-electron chi connectivity index (χ3n) is 2.55. The molecule has 3 N–H and O–H groups in total. The Bertz CT molecular complexity index is 606. The summed E-state index contributed by atoms with van der Waals surface area (Å²) in [5.74, 6) is 0.310. The van der Waals surface area contributed by atoms with Gasteiger partial charge in [-0.1, -0.05) is 17.7 Å². The first-order chi connectivity index (χ1) is 8.97. The second kappa shape index (κ2) is 5.42. The number of benzene rings is 1. The zero-order valence-corrected chi connectivity index (χ0v) is 11.5. The number of hydrogen-bond acceptors (Lipinski definition) is 3. The van der Waals surface area contributed by atoms with E-state index in [1.807, 2.05) is 19.1 Å². The monoisotopic (exact) mass is 278 g/mol. The van der Waals surface area contributed by atoms with Gasteiger partial charge in [0.25, 0.3) is 0 Å². The highest BCUT2D eigenvalue weighted by Gasteiger charge is 2.13. The summed E-state index contributed by atoms with van der Waals surface area (Å²) < 4.78 is 1.63. The highest BCUT2D eigenvalue weighted by molar-refractivity contribution is 6.30. The van der Waals surface area contributed by atoms with E-state index < -0.39 is 6.04 Å². The summed E-state index contributed by atoms with van der Waals surface area (Å²) in [4.78, 5) is 11.7. The molecule has 0 aliphatic rings. The predicted octanol–water partition coefficient (Wildman–Crippen LogP) is 2.12. The van der Waals surface area contributed by atoms with Gasteiger partial charge in [-0.25, -0.2) is 4.68 Å². The van der Waals surface area contributed by atoms with Crippen LogP contribution in [0, 0.1) is 6.92 Å². The number of aryl methyl sites for hydroxylation is 1. The van der Waals surface area contributed by atoms with E-state index in [0.29, 0.717) is 10.8 Å². The molecule has 0 bridgehead atoms. The van der Waals surface area contributed by atoms with Gasteiger partial charge in [0.2, 0.25) is 5.91 Å². The van der Waals surface area contributed by atoms with Crippen LogP contribution in [0.4, 0.5) is 5.82 Å². The first-order valence-corrected chi connectivity index (χ1v) is 6.24. The van der Waals surface area contributed by atoms with Crippen LogP contribution in [-0.2, 0) is 4.79 Å². The molecular formula is C13H15ClN4O. The molecule has 6 heteroatoms. The third kappa shape index (κ3) is 3.13. The Balaban J connectivity index is 2.38. The van der Waals surface area contributed by atoms with Crippen LogP contribution in [0.2, 0.25) is 5.02 Å². The SMILES string of the molecule is Cc1cc(NC(=O)C(C)N)n(-c2cccc(Cl)c2)n1. The summed E-state index contributed by atoms with van der Waals surface area (Å²) in [7, 11) is 0. The van der Waals surface area contributed by atoms with Crippen molar-refractivity contribution in [1.29, 1.82) is 0 Å². The number of anilines is 1. The van der Waals surface area contributed by atoms with Gasteiger partial charge in [-0.15, -0.1) is 0 Å². The minimum Gasteiger partial charge on any atom is -0.320 e. The van der Waals surface area contributed by atoms with Crippen LogP contribution < -0.4 is 11.1 Å². The summed E-state index contributed by atoms with van der Waals surface area (Å²) in [6, 6.07) is 8.44. The van der Waals surface area contributed by atoms with E-state index in [2.05, 4.69) is 10.4 Å². The largest absolute Gasteiger partial charge is 0.320 e. The Morgan fingerprint density at radius 3 is 2.84 bits per heavy atom. The molecule has 5 nitrogen and oxygen atoms in total. The minimum absolute atomic E-state index is 0.261. The summed E-state index contributed by atoms with van der Waals surface area (Å²) in [6.45, 7) is 3.48. The Morgan fingerprint density at radius 2 is 2.21 bits per heavy atom. The van der Waals surface area contributed by atoms with E-state index in [0.717, 1.165) is 11.4 Å². The van der Waals surface area contributed by atoms with Gasteiger partial charge in [0.1, 0.15) is 5.82 Å². The van der Waals surface area contributed by atoms with Gasteiger partial charge in [-0.2, -0.15) is 5.10 Å². The molecule has 2 aromatic rings. The molecule has 0 radical (unpaired) electrons. The average molecular weight is 279 g/mol. The maximum absolute atomic E-state index is 11.7. The van der Waals surface area contributed by atoms with Gasteiger partial charge in [0.05, 0.1) is 17.4 Å². The lowest BCUT2D eigenvalue weighted by Gasteiger charge is -2.10. The van der Waals surface area contributed by atoms with Crippen molar-refractivity contribution in [2.45, 2.75) is 19.9 Å². The highest BCUT2D eigenvalue weighted by Crippen LogP contribution is 2.20. The van der Waals surface area contributed by atoms with Crippen molar-refractivity contribution in [2.24, 2.45) is 5.73 Å². The number of nitrogens with two attached hydrogens (primary N) is 1. The number of nitrogens with one attached hydrogen (secondary N) is 1. The average Bonchev–Trinajstić information content (AvgIpc) is 2.70. The van der Waals surface area contributed by atoms with E-state index in [9.17, 15) is 4.79 Å². The second-order valence-corrected chi connectivity index (χ2v) is 4.78. The summed E-state index contributed by atoms with van der Waals surface area (Å²) >= 11 is 5.96. The van der Waals surface area contributed by atoms with Crippen LogP contribution in [-0.4, -0.2) is 21.7 Å². The molecule has 1 aromatic carbocycles. The molecule has 0 saturated heterocycles. The zero-order chi connectivity index (χ0) is 14.0. The number of rotatable bonds is 3. The van der Waals surface area contributed by atoms with Crippen LogP contribution in [0.15, 0.2) is 30.3 Å². The Morgan fingerprint density at radius 1 is 1.47 bits per heavy atom. The molecular weight excluding hydrogens is 264 g/mol. The summed E-state index contributed by atoms with van der Waals surface area (Å²) in [5, 5.41) is 7.69. The van der Waals surface area contributed by atoms with Crippen molar-refractivity contribution < 1.29 is 4.79 Å². The molecule has 1 aromatic heterocycles. The van der Waals surface area contributed by atoms with Crippen molar-refractivity contribution in [3.8, 4) is 5.69 Å². The third-order valence-corrected chi connectivity index (χ3v) is 2.78. The first-order valence-electron chi connectivity index (χ1n) is 5.86. The zero-order valence-electron chi connectivity index (χ0n) is 10.7. The van der Waals surface area contributed by atoms with Gasteiger partial charge in [0, 0.05) is 11.1 Å². The standard InChI is InChI=1S/C13H15ClN4O/c1-8-6-12(16-13(19)9(2)15)18(17-8)11-5-3-4-10(14)7-11/h3-7,9H,15H2,1-2H3,(H,16,19). The Labute approximate surface area is 116 Å². The van der Waals surface area contributed by atoms with Crippen LogP contribution in [0.3, 0.4) is 0 Å². The highest BCUT2D eigenvalue weighted by atomic mass is 35.5. The fourth-order valence-corrected chi connectivity index (χ4v) is 1.82. The quantitative estimate of drug-likeness (QED) is 0.903. The van der Waals surface area contributed by atoms with Gasteiger partial charge in [-0.05, 0) is 32.0 Å². The van der Waals surface area contributed by atoms with E-state index in [4.69, 9.17) is 17.3 Å². The molecule has 0 aliphatic heterocycles. The molecule has 2 rings (SSSR count). The topological polar surface area (TPSA) is 72.9 Å². The van der Waals surface area contributed by atoms with Gasteiger partial charge in [0.15, 0.2) is 0 Å². The number of hydrogen-bond donors (Lipinski definition) is 2. The van der Waals surface area contributed by atoms with Crippen molar-refractivity contribution in [3.05, 3.63) is 41.0 Å². The smallest absolute Gasteiger partial charge is 0.242 e. The molecule has 0 saturated carbocycles. The molecule has 1 atom stereocenters. The van der Waals surface area contributed by atoms with E-state index in [-0.39, 0.29) is 5.91 Å². The number of amides is 1. The lowest BCUT2D eigenvalue weighted by molar-refractivity contribution is -0.117. The number of nitrogens with zero attached hydrogens (tertiary/aromatic N) is 2. The first kappa shape index (κ1) is 13.6. The fourth-order valence-electron chi connectivity index (χ4n) is 1.63. The van der Waals surface area contributed by atoms with Crippen molar-refractivity contribution in [1.82, 2.24) is 9.78 Å². The normalized spacial score (nSPS) is 12.2. The van der Waals surface area contributed by atoms with Crippen LogP contribution in [0.5, 0.6) is 0 Å². The lowest BCUT2D eigenvalue weighted by Crippen LogP contribution is -2.33. The maximum atomic E-state index is 11.7. The molecule has 100 valence electrons. The van der Waals surface area contributed by atoms with Crippen LogP contribution >= 0.6 is 11.6 Å². The molecule has 0 spiro atoms. The second-order valence-electron chi connectivity index (χ2n) is 4.34. The molecule has 1 unspecified atom stereocenters. The number of carbonyl (C=O) groups excluding carboxylic acids is 1. The van der Waals surface area contributed by atoms with Crippen LogP contribution in [0.1, 0.15) is 12.6 Å². The van der Waals surface area contributed by atoms with Crippen molar-refractivity contribution in [3.63, 3.8) is 0 Å². The molecule has 0 aliphatic carbocycles. The Hall–Kier alpha value is -1.85. The molecule has 19 heavy (non-hydrogen) atoms. The maximum Gasteiger partial charge on any atom is 0.242 e. The minimum atomic E-state index is -0.581. The fraction of sp³-hybridized carbons (Fsp3) is 0.231. The van der Waals surface area contributed by atoms with E-state index >= 15 is 0 Å². The van der Waals surface area contributed by atoms with Gasteiger partial charge < -0.3 is 11.1 Å². The Kier molecular flexibility index (Phi) is 3.87. The molecule has 1 amide bonds. The van der Waals surface area contributed by atoms with E-state index in [1.165, 1.54) is 0 Å². The summed E-state index contributed by atoms with van der Waals surface area (Å²) in [6.07, 6.45) is 0. The molecule has 1 heterocycles. The predicted molar refractivity (Wildman–Crippen MR) is 75.6 cm³/mol. The van der Waals surface area contributed by atoms with Crippen molar-refractivity contribution in [2.75, 3.05) is 5.32 Å². The number of halogens is 1. The van der Waals surface area contributed by atoms with Crippen molar-refractivity contribution >= 4 is 23.3 Å². The lowest BCUT2D eigenvalue weighted by atomic mass is 10.3. The summed E-state index contributed by atoms with van der Waals surface area (Å²) in [5.41, 5.74) is 7.11.